The number of anilines is 2. The fourth-order valence-corrected chi connectivity index (χ4v) is 2.30. The Morgan fingerprint density at radius 2 is 2.05 bits per heavy atom. The van der Waals surface area contributed by atoms with Gasteiger partial charge in [0.15, 0.2) is 0 Å². The largest absolute Gasteiger partial charge is 0.383 e. The van der Waals surface area contributed by atoms with Crippen LogP contribution in [0.2, 0.25) is 0 Å². The Kier molecular flexibility index (Phi) is 5.33. The maximum Gasteiger partial charge on any atom is 0.259 e. The quantitative estimate of drug-likeness (QED) is 0.858. The summed E-state index contributed by atoms with van der Waals surface area (Å²) in [5.41, 5.74) is 8.12. The topological polar surface area (TPSA) is 68.0 Å². The predicted molar refractivity (Wildman–Crippen MR) is 89.4 cm³/mol. The summed E-state index contributed by atoms with van der Waals surface area (Å²) in [6.07, 6.45) is 4.97. The third kappa shape index (κ3) is 4.29. The number of benzene rings is 1. The summed E-state index contributed by atoms with van der Waals surface area (Å²) in [4.78, 5) is 16.2. The van der Waals surface area contributed by atoms with Crippen LogP contribution in [0.15, 0.2) is 41.0 Å². The molecule has 3 N–H and O–H groups in total. The molecule has 1 aromatic carbocycles. The second-order valence-corrected chi connectivity index (χ2v) is 5.76. The minimum Gasteiger partial charge on any atom is -0.383 e. The first-order valence-corrected chi connectivity index (χ1v) is 7.70. The highest BCUT2D eigenvalue weighted by atomic mass is 79.9. The van der Waals surface area contributed by atoms with Gasteiger partial charge in [-0.05, 0) is 52.5 Å². The molecule has 21 heavy (non-hydrogen) atoms. The molecule has 0 unspecified atom stereocenters. The van der Waals surface area contributed by atoms with Crippen LogP contribution in [0.4, 0.5) is 11.5 Å². The fourth-order valence-electron chi connectivity index (χ4n) is 1.97. The van der Waals surface area contributed by atoms with Crippen molar-refractivity contribution in [2.24, 2.45) is 0 Å². The maximum absolute atomic E-state index is 12.2. The van der Waals surface area contributed by atoms with Gasteiger partial charge in [-0.3, -0.25) is 4.79 Å². The smallest absolute Gasteiger partial charge is 0.259 e. The molecule has 1 heterocycles. The number of aromatic nitrogens is 1. The third-order valence-corrected chi connectivity index (χ3v) is 3.59. The van der Waals surface area contributed by atoms with Gasteiger partial charge in [0.1, 0.15) is 5.82 Å². The van der Waals surface area contributed by atoms with Gasteiger partial charge < -0.3 is 11.1 Å². The molecule has 0 radical (unpaired) electrons. The van der Waals surface area contributed by atoms with Crippen molar-refractivity contribution >= 4 is 33.3 Å². The summed E-state index contributed by atoms with van der Waals surface area (Å²) in [6.45, 7) is 2.17. The molecule has 0 aliphatic heterocycles. The van der Waals surface area contributed by atoms with Crippen molar-refractivity contribution in [3.63, 3.8) is 0 Å². The van der Waals surface area contributed by atoms with Gasteiger partial charge in [-0.15, -0.1) is 0 Å². The molecule has 0 saturated heterocycles. The van der Waals surface area contributed by atoms with Gasteiger partial charge in [0.25, 0.3) is 5.91 Å². The van der Waals surface area contributed by atoms with E-state index in [-0.39, 0.29) is 11.7 Å². The first kappa shape index (κ1) is 15.5. The molecule has 5 heteroatoms. The summed E-state index contributed by atoms with van der Waals surface area (Å²) in [5.74, 6) is -0.0436. The van der Waals surface area contributed by atoms with Gasteiger partial charge in [0.2, 0.25) is 0 Å². The number of nitrogen functional groups attached to an aromatic ring is 1. The van der Waals surface area contributed by atoms with Crippen LogP contribution in [0.5, 0.6) is 0 Å². The summed E-state index contributed by atoms with van der Waals surface area (Å²) in [6, 6.07) is 9.55. The summed E-state index contributed by atoms with van der Waals surface area (Å²) >= 11 is 3.29. The van der Waals surface area contributed by atoms with E-state index in [0.717, 1.165) is 16.6 Å². The average molecular weight is 348 g/mol. The number of nitrogens with zero attached hydrogens (tertiary/aromatic N) is 1. The van der Waals surface area contributed by atoms with Crippen LogP contribution >= 0.6 is 15.9 Å². The third-order valence-electron chi connectivity index (χ3n) is 3.16. The SMILES string of the molecule is CCCCc1ccc(NC(=O)c2cc(Br)cnc2N)cc1. The van der Waals surface area contributed by atoms with Crippen LogP contribution in [-0.4, -0.2) is 10.9 Å². The zero-order chi connectivity index (χ0) is 15.2. The lowest BCUT2D eigenvalue weighted by Crippen LogP contribution is -2.14. The number of aryl methyl sites for hydroxylation is 1. The first-order valence-electron chi connectivity index (χ1n) is 6.91. The molecule has 1 amide bonds. The summed E-state index contributed by atoms with van der Waals surface area (Å²) < 4.78 is 0.719. The molecular weight excluding hydrogens is 330 g/mol. The van der Waals surface area contributed by atoms with Crippen molar-refractivity contribution in [2.75, 3.05) is 11.1 Å². The molecule has 0 saturated carbocycles. The molecule has 4 nitrogen and oxygen atoms in total. The van der Waals surface area contributed by atoms with Gasteiger partial charge in [-0.2, -0.15) is 0 Å². The van der Waals surface area contributed by atoms with Gasteiger partial charge in [-0.25, -0.2) is 4.98 Å². The van der Waals surface area contributed by atoms with E-state index in [2.05, 4.69) is 33.2 Å². The predicted octanol–water partition coefficient (Wildman–Crippen LogP) is 4.02. The maximum atomic E-state index is 12.2. The van der Waals surface area contributed by atoms with Gasteiger partial charge in [-0.1, -0.05) is 25.5 Å². The number of hydrogen-bond donors (Lipinski definition) is 2. The molecule has 1 aromatic heterocycles. The van der Waals surface area contributed by atoms with Crippen molar-refractivity contribution in [1.29, 1.82) is 0 Å². The number of carbonyl (C=O) groups is 1. The number of nitrogens with one attached hydrogen (secondary N) is 1. The van der Waals surface area contributed by atoms with Crippen molar-refractivity contribution in [3.05, 3.63) is 52.1 Å². The van der Waals surface area contributed by atoms with E-state index in [1.54, 1.807) is 12.3 Å². The van der Waals surface area contributed by atoms with Crippen LogP contribution in [0.3, 0.4) is 0 Å². The number of unbranched alkanes of at least 4 members (excludes halogenated alkanes) is 1. The molecule has 0 atom stereocenters. The van der Waals surface area contributed by atoms with E-state index in [9.17, 15) is 4.79 Å². The second-order valence-electron chi connectivity index (χ2n) is 4.84. The molecule has 0 aliphatic carbocycles. The van der Waals surface area contributed by atoms with E-state index in [1.807, 2.05) is 24.3 Å². The van der Waals surface area contributed by atoms with E-state index < -0.39 is 0 Å². The molecule has 0 fully saturated rings. The Hall–Kier alpha value is -1.88. The normalized spacial score (nSPS) is 10.4. The van der Waals surface area contributed by atoms with Gasteiger partial charge in [0.05, 0.1) is 5.56 Å². The number of halogens is 1. The Bertz CT molecular complexity index is 626. The van der Waals surface area contributed by atoms with Crippen LogP contribution in [0.1, 0.15) is 35.7 Å². The van der Waals surface area contributed by atoms with Crippen molar-refractivity contribution in [2.45, 2.75) is 26.2 Å². The summed E-state index contributed by atoms with van der Waals surface area (Å²) in [5, 5.41) is 2.83. The van der Waals surface area contributed by atoms with E-state index in [1.165, 1.54) is 18.4 Å². The number of hydrogen-bond acceptors (Lipinski definition) is 3. The van der Waals surface area contributed by atoms with Gasteiger partial charge >= 0.3 is 0 Å². The molecule has 2 aromatic rings. The Morgan fingerprint density at radius 1 is 1.33 bits per heavy atom. The van der Waals surface area contributed by atoms with Crippen molar-refractivity contribution in [3.8, 4) is 0 Å². The Morgan fingerprint density at radius 3 is 2.71 bits per heavy atom. The molecular formula is C16H18BrN3O. The first-order chi connectivity index (χ1) is 10.1. The van der Waals surface area contributed by atoms with Crippen molar-refractivity contribution in [1.82, 2.24) is 4.98 Å². The number of nitrogens with two attached hydrogens (primary N) is 1. The number of pyridine rings is 1. The minimum atomic E-state index is -0.261. The van der Waals surface area contributed by atoms with Gasteiger partial charge in [0, 0.05) is 16.4 Å². The average Bonchev–Trinajstić information content (AvgIpc) is 2.49. The van der Waals surface area contributed by atoms with Crippen LogP contribution in [0.25, 0.3) is 0 Å². The Labute approximate surface area is 132 Å². The highest BCUT2D eigenvalue weighted by Crippen LogP contribution is 2.18. The van der Waals surface area contributed by atoms with Crippen LogP contribution in [-0.2, 0) is 6.42 Å². The fraction of sp³-hybridized carbons (Fsp3) is 0.250. The monoisotopic (exact) mass is 347 g/mol. The van der Waals surface area contributed by atoms with E-state index >= 15 is 0 Å². The second kappa shape index (κ2) is 7.22. The lowest BCUT2D eigenvalue weighted by Gasteiger charge is -2.08. The molecule has 0 bridgehead atoms. The summed E-state index contributed by atoms with van der Waals surface area (Å²) in [7, 11) is 0. The lowest BCUT2D eigenvalue weighted by atomic mass is 10.1. The number of carbonyl (C=O) groups excluding carboxylic acids is 1. The highest BCUT2D eigenvalue weighted by molar-refractivity contribution is 9.10. The molecule has 0 spiro atoms. The molecule has 2 rings (SSSR count). The van der Waals surface area contributed by atoms with Crippen LogP contribution < -0.4 is 11.1 Å². The highest BCUT2D eigenvalue weighted by Gasteiger charge is 2.11. The lowest BCUT2D eigenvalue weighted by molar-refractivity contribution is 0.102. The minimum absolute atomic E-state index is 0.218. The van der Waals surface area contributed by atoms with Crippen molar-refractivity contribution < 1.29 is 4.79 Å². The zero-order valence-corrected chi connectivity index (χ0v) is 13.5. The standard InChI is InChI=1S/C16H18BrN3O/c1-2-3-4-11-5-7-13(8-6-11)20-16(21)14-9-12(17)10-19-15(14)18/h5-10H,2-4H2,1H3,(H2,18,19)(H,20,21). The number of amides is 1. The van der Waals surface area contributed by atoms with E-state index in [4.69, 9.17) is 5.73 Å². The number of rotatable bonds is 5. The van der Waals surface area contributed by atoms with E-state index in [0.29, 0.717) is 5.56 Å². The zero-order valence-electron chi connectivity index (χ0n) is 11.9. The van der Waals surface area contributed by atoms with Crippen LogP contribution in [0, 0.1) is 0 Å². The Balaban J connectivity index is 2.07. The molecule has 0 aliphatic rings. The molecule has 110 valence electrons.